The molecule has 4 rings (SSSR count). The van der Waals surface area contributed by atoms with Gasteiger partial charge in [0.25, 0.3) is 0 Å². The quantitative estimate of drug-likeness (QED) is 0.692. The lowest BCUT2D eigenvalue weighted by molar-refractivity contribution is -0.128. The molecule has 1 saturated heterocycles. The van der Waals surface area contributed by atoms with Gasteiger partial charge in [-0.05, 0) is 55.0 Å². The van der Waals surface area contributed by atoms with Gasteiger partial charge in [-0.3, -0.25) is 19.5 Å². The van der Waals surface area contributed by atoms with E-state index in [4.69, 9.17) is 0 Å². The molecule has 0 bridgehead atoms. The number of anilines is 1. The molecule has 6 nitrogen and oxygen atoms in total. The second-order valence-corrected chi connectivity index (χ2v) is 10.3. The number of nitrogens with zero attached hydrogens (tertiary/aromatic N) is 2. The van der Waals surface area contributed by atoms with Gasteiger partial charge in [-0.2, -0.15) is 0 Å². The fourth-order valence-corrected chi connectivity index (χ4v) is 4.68. The predicted octanol–water partition coefficient (Wildman–Crippen LogP) is 4.26. The molecule has 2 aromatic rings. The number of hydrogen-bond acceptors (Lipinski definition) is 4. The summed E-state index contributed by atoms with van der Waals surface area (Å²) in [5.74, 6) is -0.208. The Morgan fingerprint density at radius 3 is 2.30 bits per heavy atom. The number of hydrogen-bond donors (Lipinski definition) is 2. The maximum absolute atomic E-state index is 13.7. The average molecular weight is 449 g/mol. The highest BCUT2D eigenvalue weighted by atomic mass is 16.2. The van der Waals surface area contributed by atoms with E-state index < -0.39 is 6.04 Å². The van der Waals surface area contributed by atoms with Crippen molar-refractivity contribution in [1.82, 2.24) is 15.6 Å². The van der Waals surface area contributed by atoms with Crippen LogP contribution in [0.2, 0.25) is 0 Å². The summed E-state index contributed by atoms with van der Waals surface area (Å²) in [7, 11) is 0. The molecule has 1 aliphatic heterocycles. The lowest BCUT2D eigenvalue weighted by Crippen LogP contribution is -2.57. The fourth-order valence-electron chi connectivity index (χ4n) is 4.68. The molecule has 1 unspecified atom stereocenters. The van der Waals surface area contributed by atoms with Gasteiger partial charge in [0.05, 0.1) is 6.04 Å². The van der Waals surface area contributed by atoms with E-state index in [1.807, 2.05) is 24.3 Å². The Morgan fingerprint density at radius 2 is 1.76 bits per heavy atom. The van der Waals surface area contributed by atoms with Gasteiger partial charge in [-0.1, -0.05) is 58.2 Å². The number of carbonyl (C=O) groups is 2. The minimum atomic E-state index is -0.768. The van der Waals surface area contributed by atoms with Crippen molar-refractivity contribution >= 4 is 17.5 Å². The van der Waals surface area contributed by atoms with E-state index in [1.54, 1.807) is 17.3 Å². The smallest absolute Gasteiger partial charge is 0.248 e. The van der Waals surface area contributed by atoms with E-state index >= 15 is 0 Å². The molecule has 2 amide bonds. The summed E-state index contributed by atoms with van der Waals surface area (Å²) in [6.45, 7) is 7.32. The van der Waals surface area contributed by atoms with Gasteiger partial charge in [0.2, 0.25) is 11.8 Å². The van der Waals surface area contributed by atoms with Crippen LogP contribution in [0.3, 0.4) is 0 Å². The molecule has 2 atom stereocenters. The fraction of sp³-hybridized carbons (Fsp3) is 0.519. The van der Waals surface area contributed by atoms with Crippen molar-refractivity contribution in [3.8, 4) is 0 Å². The largest absolute Gasteiger partial charge is 0.351 e. The van der Waals surface area contributed by atoms with Crippen LogP contribution in [0.25, 0.3) is 0 Å². The molecule has 0 spiro atoms. The van der Waals surface area contributed by atoms with Crippen LogP contribution in [0.15, 0.2) is 48.8 Å². The first kappa shape index (κ1) is 23.4. The number of pyridine rings is 1. The van der Waals surface area contributed by atoms with Crippen LogP contribution >= 0.6 is 0 Å². The van der Waals surface area contributed by atoms with E-state index in [9.17, 15) is 9.59 Å². The Morgan fingerprint density at radius 1 is 1.06 bits per heavy atom. The molecule has 176 valence electrons. The molecule has 0 radical (unpaired) electrons. The molecule has 1 saturated carbocycles. The third-order valence-corrected chi connectivity index (χ3v) is 6.83. The molecule has 2 aliphatic rings. The summed E-state index contributed by atoms with van der Waals surface area (Å²) in [5.41, 5.74) is 2.64. The van der Waals surface area contributed by atoms with Gasteiger partial charge in [0.15, 0.2) is 0 Å². The first-order valence-electron chi connectivity index (χ1n) is 12.2. The number of rotatable bonds is 6. The molecule has 2 N–H and O–H groups in total. The Balaban J connectivity index is 1.72. The van der Waals surface area contributed by atoms with Crippen molar-refractivity contribution in [3.63, 3.8) is 0 Å². The van der Waals surface area contributed by atoms with Crippen LogP contribution < -0.4 is 15.5 Å². The van der Waals surface area contributed by atoms with Crippen LogP contribution in [0, 0.1) is 0 Å². The highest BCUT2D eigenvalue weighted by molar-refractivity contribution is 6.04. The van der Waals surface area contributed by atoms with Gasteiger partial charge in [0.1, 0.15) is 6.04 Å². The molecular formula is C27H36N4O2. The molecule has 6 heteroatoms. The van der Waals surface area contributed by atoms with E-state index in [-0.39, 0.29) is 29.3 Å². The topological polar surface area (TPSA) is 74.3 Å². The van der Waals surface area contributed by atoms with Crippen LogP contribution in [-0.2, 0) is 15.0 Å². The van der Waals surface area contributed by atoms with Crippen molar-refractivity contribution in [2.24, 2.45) is 0 Å². The molecule has 33 heavy (non-hydrogen) atoms. The maximum Gasteiger partial charge on any atom is 0.248 e. The number of amides is 2. The van der Waals surface area contributed by atoms with Crippen molar-refractivity contribution in [2.45, 2.75) is 82.8 Å². The summed E-state index contributed by atoms with van der Waals surface area (Å²) >= 11 is 0. The second kappa shape index (κ2) is 10.0. The van der Waals surface area contributed by atoms with E-state index in [0.29, 0.717) is 0 Å². The maximum atomic E-state index is 13.7. The Bertz CT molecular complexity index is 942. The van der Waals surface area contributed by atoms with Crippen molar-refractivity contribution in [3.05, 3.63) is 59.9 Å². The molecule has 2 fully saturated rings. The Kier molecular flexibility index (Phi) is 7.13. The zero-order valence-electron chi connectivity index (χ0n) is 20.0. The van der Waals surface area contributed by atoms with Gasteiger partial charge in [-0.15, -0.1) is 0 Å². The van der Waals surface area contributed by atoms with Crippen molar-refractivity contribution in [1.29, 1.82) is 0 Å². The van der Waals surface area contributed by atoms with Crippen LogP contribution in [0.4, 0.5) is 5.69 Å². The minimum Gasteiger partial charge on any atom is -0.351 e. The predicted molar refractivity (Wildman–Crippen MR) is 131 cm³/mol. The zero-order chi connectivity index (χ0) is 23.4. The van der Waals surface area contributed by atoms with Gasteiger partial charge >= 0.3 is 0 Å². The second-order valence-electron chi connectivity index (χ2n) is 10.3. The first-order valence-corrected chi connectivity index (χ1v) is 12.2. The molecule has 1 aromatic heterocycles. The van der Waals surface area contributed by atoms with Crippen LogP contribution in [-0.4, -0.2) is 35.4 Å². The van der Waals surface area contributed by atoms with E-state index in [1.165, 1.54) is 12.0 Å². The zero-order valence-corrected chi connectivity index (χ0v) is 20.0. The standard InChI is InChI=1S/C27H36N4O2/c1-27(2,3)20-11-13-22(14-12-20)31(26(33)23-15-17-29-23)24(19-8-7-16-28-18-19)25(32)30-21-9-5-4-6-10-21/h7-8,11-14,16,18,21,23-24,29H,4-6,9-10,15,17H2,1-3H3,(H,30,32)/t23-,24?/m1/s1. The lowest BCUT2D eigenvalue weighted by Gasteiger charge is -2.38. The molecular weight excluding hydrogens is 412 g/mol. The highest BCUT2D eigenvalue weighted by Gasteiger charge is 2.38. The summed E-state index contributed by atoms with van der Waals surface area (Å²) in [6.07, 6.45) is 9.63. The summed E-state index contributed by atoms with van der Waals surface area (Å²) in [6, 6.07) is 10.9. The van der Waals surface area contributed by atoms with Gasteiger partial charge in [0, 0.05) is 29.7 Å². The molecule has 2 heterocycles. The SMILES string of the molecule is CC(C)(C)c1ccc(N(C(=O)[C@H]2CCN2)C(C(=O)NC2CCCCC2)c2cccnc2)cc1. The summed E-state index contributed by atoms with van der Waals surface area (Å²) in [5, 5.41) is 6.47. The highest BCUT2D eigenvalue weighted by Crippen LogP contribution is 2.32. The minimum absolute atomic E-state index is 0.00397. The van der Waals surface area contributed by atoms with Gasteiger partial charge in [-0.25, -0.2) is 0 Å². The van der Waals surface area contributed by atoms with Crippen LogP contribution in [0.1, 0.15) is 76.5 Å². The lowest BCUT2D eigenvalue weighted by atomic mass is 9.87. The molecule has 1 aliphatic carbocycles. The van der Waals surface area contributed by atoms with Crippen LogP contribution in [0.5, 0.6) is 0 Å². The first-order chi connectivity index (χ1) is 15.8. The summed E-state index contributed by atoms with van der Waals surface area (Å²) < 4.78 is 0. The third kappa shape index (κ3) is 5.44. The number of aromatic nitrogens is 1. The van der Waals surface area contributed by atoms with E-state index in [0.717, 1.165) is 49.9 Å². The number of nitrogens with one attached hydrogen (secondary N) is 2. The average Bonchev–Trinajstić information content (AvgIpc) is 2.77. The van der Waals surface area contributed by atoms with Gasteiger partial charge < -0.3 is 10.6 Å². The van der Waals surface area contributed by atoms with Crippen molar-refractivity contribution < 1.29 is 9.59 Å². The Hall–Kier alpha value is -2.73. The number of benzene rings is 1. The molecule has 1 aromatic carbocycles. The Labute approximate surface area is 197 Å². The monoisotopic (exact) mass is 448 g/mol. The van der Waals surface area contributed by atoms with E-state index in [2.05, 4.69) is 48.5 Å². The number of carbonyl (C=O) groups excluding carboxylic acids is 2. The third-order valence-electron chi connectivity index (χ3n) is 6.83. The summed E-state index contributed by atoms with van der Waals surface area (Å²) in [4.78, 5) is 33.4. The normalized spacial score (nSPS) is 19.9. The van der Waals surface area contributed by atoms with Crippen molar-refractivity contribution in [2.75, 3.05) is 11.4 Å².